The van der Waals surface area contributed by atoms with Crippen LogP contribution in [-0.4, -0.2) is 36.0 Å². The second-order valence-corrected chi connectivity index (χ2v) is 8.88. The van der Waals surface area contributed by atoms with Crippen LogP contribution in [-0.2, 0) is 6.42 Å². The summed E-state index contributed by atoms with van der Waals surface area (Å²) in [5.74, 6) is 0.622. The first kappa shape index (κ1) is 24.5. The van der Waals surface area contributed by atoms with Crippen LogP contribution >= 0.6 is 0 Å². The highest BCUT2D eigenvalue weighted by molar-refractivity contribution is 6.04. The monoisotopic (exact) mass is 444 g/mol. The predicted octanol–water partition coefficient (Wildman–Crippen LogP) is 6.67. The molecule has 1 amide bonds. The molecule has 0 bridgehead atoms. The Bertz CT molecular complexity index is 1020. The normalized spacial score (nSPS) is 11.3. The molecule has 0 aromatic heterocycles. The van der Waals surface area contributed by atoms with Crippen molar-refractivity contribution in [3.8, 4) is 16.9 Å². The summed E-state index contributed by atoms with van der Waals surface area (Å²) in [6.07, 6.45) is 1.03. The molecule has 0 aliphatic rings. The van der Waals surface area contributed by atoms with Gasteiger partial charge >= 0.3 is 0 Å². The number of nitrogens with one attached hydrogen (secondary N) is 1. The number of aryl methyl sites for hydroxylation is 1. The topological polar surface area (TPSA) is 41.6 Å². The van der Waals surface area contributed by atoms with Crippen LogP contribution in [0.1, 0.15) is 50.5 Å². The van der Waals surface area contributed by atoms with Crippen LogP contribution in [0.4, 0.5) is 5.69 Å². The molecule has 0 aliphatic heterocycles. The molecular weight excluding hydrogens is 408 g/mol. The SMILES string of the molecule is CCc1ccc(-c2ccc(C(=O)Nc3cccc(OCCN(C(C)C)C(C)C)c3)cc2)cc1. The maximum Gasteiger partial charge on any atom is 0.255 e. The first-order chi connectivity index (χ1) is 15.9. The molecule has 0 unspecified atom stereocenters. The number of hydrogen-bond donors (Lipinski definition) is 1. The van der Waals surface area contributed by atoms with E-state index in [1.54, 1.807) is 0 Å². The lowest BCUT2D eigenvalue weighted by atomic mass is 10.0. The van der Waals surface area contributed by atoms with Crippen molar-refractivity contribution in [1.82, 2.24) is 4.90 Å². The van der Waals surface area contributed by atoms with Crippen LogP contribution in [0.3, 0.4) is 0 Å². The third kappa shape index (κ3) is 6.93. The van der Waals surface area contributed by atoms with Crippen LogP contribution in [0.25, 0.3) is 11.1 Å². The highest BCUT2D eigenvalue weighted by atomic mass is 16.5. The summed E-state index contributed by atoms with van der Waals surface area (Å²) >= 11 is 0. The number of benzene rings is 3. The number of rotatable bonds is 10. The minimum atomic E-state index is -0.133. The number of anilines is 1. The molecule has 0 fully saturated rings. The smallest absolute Gasteiger partial charge is 0.255 e. The van der Waals surface area contributed by atoms with Gasteiger partial charge in [-0.3, -0.25) is 9.69 Å². The molecule has 3 aromatic carbocycles. The summed E-state index contributed by atoms with van der Waals surface area (Å²) in [6, 6.07) is 24.8. The summed E-state index contributed by atoms with van der Waals surface area (Å²) in [6.45, 7) is 12.4. The summed E-state index contributed by atoms with van der Waals surface area (Å²) in [7, 11) is 0. The Kier molecular flexibility index (Phi) is 8.67. The van der Waals surface area contributed by atoms with Crippen molar-refractivity contribution >= 4 is 11.6 Å². The van der Waals surface area contributed by atoms with Crippen LogP contribution in [0.2, 0.25) is 0 Å². The molecule has 4 heteroatoms. The molecule has 3 rings (SSSR count). The van der Waals surface area contributed by atoms with E-state index in [1.807, 2.05) is 48.5 Å². The zero-order chi connectivity index (χ0) is 23.8. The Balaban J connectivity index is 1.58. The largest absolute Gasteiger partial charge is 0.492 e. The number of amides is 1. The first-order valence-electron chi connectivity index (χ1n) is 11.9. The van der Waals surface area contributed by atoms with Gasteiger partial charge in [0.05, 0.1) is 0 Å². The van der Waals surface area contributed by atoms with E-state index in [9.17, 15) is 4.79 Å². The quantitative estimate of drug-likeness (QED) is 0.380. The zero-order valence-corrected chi connectivity index (χ0v) is 20.5. The maximum atomic E-state index is 12.8. The van der Waals surface area contributed by atoms with Gasteiger partial charge in [-0.1, -0.05) is 49.4 Å². The fourth-order valence-corrected chi connectivity index (χ4v) is 4.00. The van der Waals surface area contributed by atoms with Gasteiger partial charge in [0.25, 0.3) is 5.91 Å². The van der Waals surface area contributed by atoms with Gasteiger partial charge in [0.15, 0.2) is 0 Å². The van der Waals surface area contributed by atoms with E-state index in [1.165, 1.54) is 5.56 Å². The Hall–Kier alpha value is -3.11. The fraction of sp³-hybridized carbons (Fsp3) is 0.345. The number of nitrogens with zero attached hydrogens (tertiary/aromatic N) is 1. The Morgan fingerprint density at radius 2 is 1.48 bits per heavy atom. The lowest BCUT2D eigenvalue weighted by molar-refractivity contribution is 0.102. The van der Waals surface area contributed by atoms with E-state index in [0.29, 0.717) is 24.3 Å². The zero-order valence-electron chi connectivity index (χ0n) is 20.5. The van der Waals surface area contributed by atoms with E-state index in [2.05, 4.69) is 69.1 Å². The molecule has 4 nitrogen and oxygen atoms in total. The second kappa shape index (κ2) is 11.7. The molecule has 0 aliphatic carbocycles. The lowest BCUT2D eigenvalue weighted by Gasteiger charge is -2.30. The van der Waals surface area contributed by atoms with Crippen LogP contribution in [0.15, 0.2) is 72.8 Å². The van der Waals surface area contributed by atoms with Gasteiger partial charge in [0.1, 0.15) is 12.4 Å². The fourth-order valence-electron chi connectivity index (χ4n) is 4.00. The third-order valence-corrected chi connectivity index (χ3v) is 5.88. The van der Waals surface area contributed by atoms with Gasteiger partial charge in [-0.25, -0.2) is 0 Å². The number of ether oxygens (including phenoxy) is 1. The molecule has 0 atom stereocenters. The molecule has 0 spiro atoms. The van der Waals surface area contributed by atoms with E-state index >= 15 is 0 Å². The molecule has 0 saturated heterocycles. The van der Waals surface area contributed by atoms with Gasteiger partial charge in [-0.15, -0.1) is 0 Å². The minimum Gasteiger partial charge on any atom is -0.492 e. The average molecular weight is 445 g/mol. The summed E-state index contributed by atoms with van der Waals surface area (Å²) in [4.78, 5) is 15.1. The minimum absolute atomic E-state index is 0.133. The van der Waals surface area contributed by atoms with Crippen LogP contribution in [0, 0.1) is 0 Å². The summed E-state index contributed by atoms with van der Waals surface area (Å²) in [5, 5.41) is 2.98. The number of carbonyl (C=O) groups excluding carboxylic acids is 1. The van der Waals surface area contributed by atoms with Crippen molar-refractivity contribution in [2.45, 2.75) is 53.1 Å². The van der Waals surface area contributed by atoms with Gasteiger partial charge in [-0.2, -0.15) is 0 Å². The van der Waals surface area contributed by atoms with Gasteiger partial charge in [0.2, 0.25) is 0 Å². The summed E-state index contributed by atoms with van der Waals surface area (Å²) < 4.78 is 5.95. The molecule has 3 aromatic rings. The van der Waals surface area contributed by atoms with Crippen molar-refractivity contribution in [2.75, 3.05) is 18.5 Å². The number of hydrogen-bond acceptors (Lipinski definition) is 3. The summed E-state index contributed by atoms with van der Waals surface area (Å²) in [5.41, 5.74) is 4.91. The Morgan fingerprint density at radius 1 is 0.879 bits per heavy atom. The van der Waals surface area contributed by atoms with Crippen LogP contribution < -0.4 is 10.1 Å². The van der Waals surface area contributed by atoms with Crippen molar-refractivity contribution in [3.05, 3.63) is 83.9 Å². The van der Waals surface area contributed by atoms with E-state index in [-0.39, 0.29) is 5.91 Å². The average Bonchev–Trinajstić information content (AvgIpc) is 2.81. The molecule has 174 valence electrons. The Labute approximate surface area is 198 Å². The van der Waals surface area contributed by atoms with Gasteiger partial charge in [-0.05, 0) is 75.1 Å². The maximum absolute atomic E-state index is 12.8. The highest BCUT2D eigenvalue weighted by Gasteiger charge is 2.13. The molecular formula is C29H36N2O2. The predicted molar refractivity (Wildman–Crippen MR) is 138 cm³/mol. The first-order valence-corrected chi connectivity index (χ1v) is 11.9. The van der Waals surface area contributed by atoms with E-state index in [4.69, 9.17) is 4.74 Å². The van der Waals surface area contributed by atoms with Crippen molar-refractivity contribution in [1.29, 1.82) is 0 Å². The van der Waals surface area contributed by atoms with Gasteiger partial charge < -0.3 is 10.1 Å². The second-order valence-electron chi connectivity index (χ2n) is 8.88. The van der Waals surface area contributed by atoms with Gasteiger partial charge in [0, 0.05) is 35.9 Å². The Morgan fingerprint density at radius 3 is 2.06 bits per heavy atom. The highest BCUT2D eigenvalue weighted by Crippen LogP contribution is 2.22. The van der Waals surface area contributed by atoms with Crippen molar-refractivity contribution in [3.63, 3.8) is 0 Å². The third-order valence-electron chi connectivity index (χ3n) is 5.88. The number of carbonyl (C=O) groups is 1. The van der Waals surface area contributed by atoms with Crippen LogP contribution in [0.5, 0.6) is 5.75 Å². The van der Waals surface area contributed by atoms with E-state index < -0.39 is 0 Å². The van der Waals surface area contributed by atoms with E-state index in [0.717, 1.165) is 35.5 Å². The molecule has 0 radical (unpaired) electrons. The molecule has 33 heavy (non-hydrogen) atoms. The molecule has 0 heterocycles. The standard InChI is InChI=1S/C29H36N2O2/c1-6-23-10-12-24(13-11-23)25-14-16-26(17-15-25)29(32)30-27-8-7-9-28(20-27)33-19-18-31(21(2)3)22(4)5/h7-17,20-22H,6,18-19H2,1-5H3,(H,30,32). The van der Waals surface area contributed by atoms with Crippen molar-refractivity contribution in [2.24, 2.45) is 0 Å². The molecule has 1 N–H and O–H groups in total. The molecule has 0 saturated carbocycles. The van der Waals surface area contributed by atoms with Crippen molar-refractivity contribution < 1.29 is 9.53 Å². The lowest BCUT2D eigenvalue weighted by Crippen LogP contribution is -2.39.